The van der Waals surface area contributed by atoms with E-state index in [9.17, 15) is 4.79 Å². The quantitative estimate of drug-likeness (QED) is 0.598. The Hall–Kier alpha value is -0.790. The molecule has 0 spiro atoms. The van der Waals surface area contributed by atoms with Crippen LogP contribution < -0.4 is 5.32 Å². The fourth-order valence-electron chi connectivity index (χ4n) is 2.98. The SMILES string of the molecule is O=C(NCC(c1ccccc1Cl)N1CCOCC1)c1nc(Cl)c(Cl)c(Cl)c1Cl. The second-order valence-electron chi connectivity index (χ2n) is 6.09. The van der Waals surface area contributed by atoms with Gasteiger partial charge in [0.2, 0.25) is 0 Å². The predicted molar refractivity (Wildman–Crippen MR) is 113 cm³/mol. The maximum atomic E-state index is 12.7. The van der Waals surface area contributed by atoms with E-state index in [1.165, 1.54) is 0 Å². The van der Waals surface area contributed by atoms with E-state index in [-0.39, 0.29) is 32.0 Å². The van der Waals surface area contributed by atoms with E-state index in [1.807, 2.05) is 24.3 Å². The first-order chi connectivity index (χ1) is 13.4. The average molecular weight is 484 g/mol. The summed E-state index contributed by atoms with van der Waals surface area (Å²) < 4.78 is 5.43. The van der Waals surface area contributed by atoms with Crippen LogP contribution in [0.5, 0.6) is 0 Å². The lowest BCUT2D eigenvalue weighted by molar-refractivity contribution is 0.0162. The summed E-state index contributed by atoms with van der Waals surface area (Å²) in [4.78, 5) is 18.9. The molecule has 0 bridgehead atoms. The lowest BCUT2D eigenvalue weighted by Gasteiger charge is -2.35. The lowest BCUT2D eigenvalue weighted by atomic mass is 10.0. The fourth-order valence-corrected chi connectivity index (χ4v) is 4.06. The molecular weight excluding hydrogens is 467 g/mol. The molecule has 1 atom stereocenters. The number of hydrogen-bond donors (Lipinski definition) is 1. The van der Waals surface area contributed by atoms with E-state index in [1.54, 1.807) is 0 Å². The molecule has 3 rings (SSSR count). The number of aromatic nitrogens is 1. The summed E-state index contributed by atoms with van der Waals surface area (Å²) in [6.07, 6.45) is 0. The van der Waals surface area contributed by atoms with E-state index < -0.39 is 5.91 Å². The largest absolute Gasteiger partial charge is 0.379 e. The van der Waals surface area contributed by atoms with Crippen molar-refractivity contribution in [3.05, 3.63) is 60.8 Å². The van der Waals surface area contributed by atoms with Crippen molar-refractivity contribution in [3.63, 3.8) is 0 Å². The van der Waals surface area contributed by atoms with Gasteiger partial charge in [-0.15, -0.1) is 0 Å². The Labute approximate surface area is 187 Å². The van der Waals surface area contributed by atoms with Gasteiger partial charge >= 0.3 is 0 Å². The lowest BCUT2D eigenvalue weighted by Crippen LogP contribution is -2.44. The summed E-state index contributed by atoms with van der Waals surface area (Å²) in [6, 6.07) is 7.40. The molecule has 10 heteroatoms. The van der Waals surface area contributed by atoms with Gasteiger partial charge in [0.1, 0.15) is 10.8 Å². The van der Waals surface area contributed by atoms with E-state index in [0.29, 0.717) is 24.8 Å². The Kier molecular flexibility index (Phi) is 7.67. The van der Waals surface area contributed by atoms with Crippen LogP contribution in [0.2, 0.25) is 25.2 Å². The summed E-state index contributed by atoms with van der Waals surface area (Å²) in [5.74, 6) is -0.504. The van der Waals surface area contributed by atoms with Crippen LogP contribution in [-0.2, 0) is 4.74 Å². The van der Waals surface area contributed by atoms with Gasteiger partial charge in [0, 0.05) is 24.7 Å². The Bertz CT molecular complexity index is 875. The third-order valence-corrected chi connectivity index (χ3v) is 6.43. The smallest absolute Gasteiger partial charge is 0.271 e. The van der Waals surface area contributed by atoms with Crippen molar-refractivity contribution in [1.82, 2.24) is 15.2 Å². The number of benzene rings is 1. The third kappa shape index (κ3) is 4.85. The van der Waals surface area contributed by atoms with Crippen LogP contribution >= 0.6 is 58.0 Å². The molecule has 1 aliphatic heterocycles. The summed E-state index contributed by atoms with van der Waals surface area (Å²) >= 11 is 30.4. The molecule has 1 aromatic heterocycles. The molecule has 150 valence electrons. The maximum Gasteiger partial charge on any atom is 0.271 e. The normalized spacial score (nSPS) is 16.0. The highest BCUT2D eigenvalue weighted by Crippen LogP contribution is 2.36. The molecule has 28 heavy (non-hydrogen) atoms. The standard InChI is InChI=1S/C18H16Cl5N3O2/c19-11-4-2-1-3-10(11)12(26-5-7-28-8-6-26)9-24-18(27)16-14(21)13(20)15(22)17(23)25-16/h1-4,12H,5-9H2,(H,24,27). The van der Waals surface area contributed by atoms with Crippen molar-refractivity contribution in [3.8, 4) is 0 Å². The molecule has 1 saturated heterocycles. The summed E-state index contributed by atoms with van der Waals surface area (Å²) in [6.45, 7) is 2.97. The molecule has 1 unspecified atom stereocenters. The number of amides is 1. The van der Waals surface area contributed by atoms with Crippen LogP contribution in [0.4, 0.5) is 0 Å². The van der Waals surface area contributed by atoms with Gasteiger partial charge in [-0.3, -0.25) is 9.69 Å². The number of ether oxygens (including phenoxy) is 1. The second-order valence-corrected chi connectivity index (χ2v) is 7.99. The number of pyridine rings is 1. The highest BCUT2D eigenvalue weighted by molar-refractivity contribution is 6.52. The van der Waals surface area contributed by atoms with Crippen molar-refractivity contribution in [2.75, 3.05) is 32.8 Å². The van der Waals surface area contributed by atoms with Gasteiger partial charge in [0.25, 0.3) is 5.91 Å². The number of nitrogens with zero attached hydrogens (tertiary/aromatic N) is 2. The molecule has 1 aromatic carbocycles. The zero-order valence-corrected chi connectivity index (χ0v) is 18.3. The van der Waals surface area contributed by atoms with E-state index in [0.717, 1.165) is 18.7 Å². The number of morpholine rings is 1. The van der Waals surface area contributed by atoms with Crippen molar-refractivity contribution in [1.29, 1.82) is 0 Å². The summed E-state index contributed by atoms with van der Waals surface area (Å²) in [5, 5.41) is 3.34. The molecule has 1 aliphatic rings. The van der Waals surface area contributed by atoms with E-state index >= 15 is 0 Å². The van der Waals surface area contributed by atoms with Crippen molar-refractivity contribution in [2.45, 2.75) is 6.04 Å². The van der Waals surface area contributed by atoms with Gasteiger partial charge in [-0.25, -0.2) is 4.98 Å². The zero-order valence-electron chi connectivity index (χ0n) is 14.5. The molecule has 2 aromatic rings. The van der Waals surface area contributed by atoms with Crippen LogP contribution in [0.25, 0.3) is 0 Å². The predicted octanol–water partition coefficient (Wildman–Crippen LogP) is 5.15. The first kappa shape index (κ1) is 21.9. The third-order valence-electron chi connectivity index (χ3n) is 4.41. The number of nitrogens with one attached hydrogen (secondary N) is 1. The molecule has 1 fully saturated rings. The Balaban J connectivity index is 1.82. The topological polar surface area (TPSA) is 54.5 Å². The Morgan fingerprint density at radius 3 is 2.43 bits per heavy atom. The van der Waals surface area contributed by atoms with Gasteiger partial charge in [-0.1, -0.05) is 76.2 Å². The molecule has 0 saturated carbocycles. The maximum absolute atomic E-state index is 12.7. The first-order valence-corrected chi connectivity index (χ1v) is 10.3. The van der Waals surface area contributed by atoms with Gasteiger partial charge in [0.15, 0.2) is 0 Å². The molecule has 0 radical (unpaired) electrons. The van der Waals surface area contributed by atoms with Crippen LogP contribution in [0.1, 0.15) is 22.1 Å². The van der Waals surface area contributed by atoms with Gasteiger partial charge in [-0.2, -0.15) is 0 Å². The summed E-state index contributed by atoms with van der Waals surface area (Å²) in [7, 11) is 0. The number of rotatable bonds is 5. The van der Waals surface area contributed by atoms with E-state index in [4.69, 9.17) is 62.7 Å². The fraction of sp³-hybridized carbons (Fsp3) is 0.333. The van der Waals surface area contributed by atoms with Crippen molar-refractivity contribution < 1.29 is 9.53 Å². The monoisotopic (exact) mass is 481 g/mol. The first-order valence-electron chi connectivity index (χ1n) is 8.44. The van der Waals surface area contributed by atoms with Crippen LogP contribution in [-0.4, -0.2) is 48.6 Å². The minimum atomic E-state index is -0.504. The molecule has 1 N–H and O–H groups in total. The molecule has 2 heterocycles. The minimum Gasteiger partial charge on any atom is -0.379 e. The molecule has 0 aliphatic carbocycles. The van der Waals surface area contributed by atoms with Crippen LogP contribution in [0.3, 0.4) is 0 Å². The second kappa shape index (κ2) is 9.81. The molecular formula is C18H16Cl5N3O2. The zero-order chi connectivity index (χ0) is 20.3. The molecule has 1 amide bonds. The van der Waals surface area contributed by atoms with E-state index in [2.05, 4.69) is 15.2 Å². The number of carbonyl (C=O) groups is 1. The average Bonchev–Trinajstić information content (AvgIpc) is 2.71. The highest BCUT2D eigenvalue weighted by atomic mass is 35.5. The van der Waals surface area contributed by atoms with Crippen LogP contribution in [0, 0.1) is 0 Å². The van der Waals surface area contributed by atoms with Crippen molar-refractivity contribution in [2.24, 2.45) is 0 Å². The van der Waals surface area contributed by atoms with Gasteiger partial charge in [-0.05, 0) is 11.6 Å². The summed E-state index contributed by atoms with van der Waals surface area (Å²) in [5.41, 5.74) is 0.832. The van der Waals surface area contributed by atoms with Gasteiger partial charge < -0.3 is 10.1 Å². The number of carbonyl (C=O) groups excluding carboxylic acids is 1. The molecule has 5 nitrogen and oxygen atoms in total. The Morgan fingerprint density at radius 1 is 1.07 bits per heavy atom. The number of halogens is 5. The minimum absolute atomic E-state index is 0.00661. The Morgan fingerprint density at radius 2 is 1.75 bits per heavy atom. The van der Waals surface area contributed by atoms with Crippen LogP contribution in [0.15, 0.2) is 24.3 Å². The van der Waals surface area contributed by atoms with Crippen molar-refractivity contribution >= 4 is 63.9 Å². The highest BCUT2D eigenvalue weighted by Gasteiger charge is 2.26. The van der Waals surface area contributed by atoms with Gasteiger partial charge in [0.05, 0.1) is 34.3 Å². The number of hydrogen-bond acceptors (Lipinski definition) is 4.